The molecule has 1 amide bonds. The van der Waals surface area contributed by atoms with Gasteiger partial charge in [0.25, 0.3) is 11.5 Å². The number of hydrogen-bond donors (Lipinski definition) is 1. The van der Waals surface area contributed by atoms with Crippen LogP contribution in [-0.2, 0) is 6.54 Å². The third-order valence-corrected chi connectivity index (χ3v) is 4.61. The molecular weight excluding hydrogens is 399 g/mol. The van der Waals surface area contributed by atoms with Crippen LogP contribution in [0.4, 0.5) is 5.69 Å². The molecule has 3 aromatic rings. The average molecular weight is 417 g/mol. The summed E-state index contributed by atoms with van der Waals surface area (Å²) in [6, 6.07) is 15.0. The first kappa shape index (κ1) is 20.0. The van der Waals surface area contributed by atoms with Crippen molar-refractivity contribution in [2.75, 3.05) is 11.9 Å². The van der Waals surface area contributed by atoms with Crippen molar-refractivity contribution in [3.05, 3.63) is 92.3 Å². The maximum atomic E-state index is 12.6. The number of nitrogens with one attached hydrogen (secondary N) is 1. The molecule has 1 aromatic heterocycles. The first-order chi connectivity index (χ1) is 13.5. The summed E-state index contributed by atoms with van der Waals surface area (Å²) in [4.78, 5) is 24.7. The summed E-state index contributed by atoms with van der Waals surface area (Å²) in [6.45, 7) is 2.71. The van der Waals surface area contributed by atoms with Gasteiger partial charge in [0.1, 0.15) is 5.75 Å². The van der Waals surface area contributed by atoms with Crippen molar-refractivity contribution >= 4 is 34.8 Å². The molecule has 0 fully saturated rings. The molecule has 0 spiro atoms. The zero-order valence-corrected chi connectivity index (χ0v) is 16.6. The topological polar surface area (TPSA) is 60.3 Å². The Morgan fingerprint density at radius 3 is 2.50 bits per heavy atom. The molecule has 0 atom stereocenters. The molecule has 144 valence electrons. The van der Waals surface area contributed by atoms with E-state index in [9.17, 15) is 9.59 Å². The number of ether oxygens (including phenoxy) is 1. The minimum absolute atomic E-state index is 0.233. The molecule has 3 rings (SSSR count). The molecule has 28 heavy (non-hydrogen) atoms. The highest BCUT2D eigenvalue weighted by molar-refractivity contribution is 6.35. The van der Waals surface area contributed by atoms with Crippen LogP contribution < -0.4 is 15.6 Å². The van der Waals surface area contributed by atoms with E-state index >= 15 is 0 Å². The van der Waals surface area contributed by atoms with Crippen LogP contribution in [0.3, 0.4) is 0 Å². The van der Waals surface area contributed by atoms with Crippen molar-refractivity contribution in [3.8, 4) is 5.75 Å². The van der Waals surface area contributed by atoms with Gasteiger partial charge in [0, 0.05) is 28.0 Å². The Labute approximate surface area is 172 Å². The van der Waals surface area contributed by atoms with Crippen molar-refractivity contribution in [3.63, 3.8) is 0 Å². The van der Waals surface area contributed by atoms with Gasteiger partial charge in [-0.2, -0.15) is 0 Å². The van der Waals surface area contributed by atoms with Gasteiger partial charge in [-0.15, -0.1) is 0 Å². The number of aromatic nitrogens is 1. The first-order valence-corrected chi connectivity index (χ1v) is 9.40. The van der Waals surface area contributed by atoms with Crippen LogP contribution in [0.15, 0.2) is 65.6 Å². The molecule has 0 aliphatic carbocycles. The Kier molecular flexibility index (Phi) is 6.39. The van der Waals surface area contributed by atoms with E-state index < -0.39 is 0 Å². The third kappa shape index (κ3) is 4.94. The normalized spacial score (nSPS) is 10.5. The van der Waals surface area contributed by atoms with Gasteiger partial charge in [-0.3, -0.25) is 9.59 Å². The van der Waals surface area contributed by atoms with Crippen LogP contribution in [-0.4, -0.2) is 17.1 Å². The summed E-state index contributed by atoms with van der Waals surface area (Å²) in [5.41, 5.74) is 1.49. The molecule has 0 aliphatic rings. The van der Waals surface area contributed by atoms with E-state index in [-0.39, 0.29) is 18.0 Å². The number of amides is 1. The number of benzene rings is 2. The van der Waals surface area contributed by atoms with Gasteiger partial charge in [-0.1, -0.05) is 29.3 Å². The van der Waals surface area contributed by atoms with Crippen molar-refractivity contribution < 1.29 is 9.53 Å². The van der Waals surface area contributed by atoms with Crippen LogP contribution in [0.2, 0.25) is 10.0 Å². The zero-order valence-electron chi connectivity index (χ0n) is 15.1. The molecule has 0 aliphatic heterocycles. The Morgan fingerprint density at radius 1 is 1.07 bits per heavy atom. The molecule has 1 heterocycles. The van der Waals surface area contributed by atoms with Crippen molar-refractivity contribution in [2.45, 2.75) is 13.5 Å². The smallest absolute Gasteiger partial charge is 0.257 e. The van der Waals surface area contributed by atoms with Gasteiger partial charge in [0.2, 0.25) is 0 Å². The van der Waals surface area contributed by atoms with Gasteiger partial charge in [-0.25, -0.2) is 0 Å². The Balaban J connectivity index is 1.78. The van der Waals surface area contributed by atoms with E-state index in [4.69, 9.17) is 27.9 Å². The second-order valence-corrected chi connectivity index (χ2v) is 6.87. The molecule has 1 N–H and O–H groups in total. The highest BCUT2D eigenvalue weighted by atomic mass is 35.5. The highest BCUT2D eigenvalue weighted by Gasteiger charge is 2.10. The Morgan fingerprint density at radius 2 is 1.82 bits per heavy atom. The van der Waals surface area contributed by atoms with E-state index in [0.29, 0.717) is 27.9 Å². The maximum absolute atomic E-state index is 12.6. The van der Waals surface area contributed by atoms with E-state index in [1.165, 1.54) is 22.9 Å². The fourth-order valence-electron chi connectivity index (χ4n) is 2.63. The number of nitrogens with zero attached hydrogens (tertiary/aromatic N) is 1. The summed E-state index contributed by atoms with van der Waals surface area (Å²) in [5, 5.41) is 3.78. The molecule has 0 bridgehead atoms. The van der Waals surface area contributed by atoms with E-state index in [1.807, 2.05) is 6.92 Å². The molecule has 7 heteroatoms. The number of carbonyl (C=O) groups is 1. The SMILES string of the molecule is CCOc1ccc(NC(=O)c2ccc(=O)n(Cc3ccc(Cl)cc3Cl)c2)cc1. The third-order valence-electron chi connectivity index (χ3n) is 4.02. The van der Waals surface area contributed by atoms with Crippen LogP contribution >= 0.6 is 23.2 Å². The fraction of sp³-hybridized carbons (Fsp3) is 0.143. The van der Waals surface area contributed by atoms with E-state index in [0.717, 1.165) is 11.3 Å². The highest BCUT2D eigenvalue weighted by Crippen LogP contribution is 2.21. The molecule has 0 saturated heterocycles. The summed E-state index contributed by atoms with van der Waals surface area (Å²) in [7, 11) is 0. The van der Waals surface area contributed by atoms with E-state index in [2.05, 4.69) is 5.32 Å². The number of halogens is 2. The second-order valence-electron chi connectivity index (χ2n) is 6.03. The summed E-state index contributed by atoms with van der Waals surface area (Å²) >= 11 is 12.1. The predicted octanol–water partition coefficient (Wildman–Crippen LogP) is 4.85. The summed E-state index contributed by atoms with van der Waals surface area (Å²) < 4.78 is 6.82. The lowest BCUT2D eigenvalue weighted by Gasteiger charge is -2.11. The maximum Gasteiger partial charge on any atom is 0.257 e. The molecule has 5 nitrogen and oxygen atoms in total. The molecule has 0 unspecified atom stereocenters. The van der Waals surface area contributed by atoms with Crippen molar-refractivity contribution in [1.82, 2.24) is 4.57 Å². The average Bonchev–Trinajstić information content (AvgIpc) is 2.67. The zero-order chi connectivity index (χ0) is 20.1. The molecule has 2 aromatic carbocycles. The number of pyridine rings is 1. The number of hydrogen-bond acceptors (Lipinski definition) is 3. The predicted molar refractivity (Wildman–Crippen MR) is 112 cm³/mol. The van der Waals surface area contributed by atoms with E-state index in [1.54, 1.807) is 42.5 Å². The second kappa shape index (κ2) is 8.95. The number of anilines is 1. The van der Waals surface area contributed by atoms with Gasteiger partial charge in [0.05, 0.1) is 18.7 Å². The quantitative estimate of drug-likeness (QED) is 0.624. The van der Waals surface area contributed by atoms with Crippen LogP contribution in [0, 0.1) is 0 Å². The number of rotatable bonds is 6. The number of carbonyl (C=O) groups excluding carboxylic acids is 1. The van der Waals surface area contributed by atoms with Gasteiger partial charge >= 0.3 is 0 Å². The first-order valence-electron chi connectivity index (χ1n) is 8.65. The summed E-state index contributed by atoms with van der Waals surface area (Å²) in [6.07, 6.45) is 1.51. The lowest BCUT2D eigenvalue weighted by molar-refractivity contribution is 0.102. The monoisotopic (exact) mass is 416 g/mol. The van der Waals surface area contributed by atoms with Gasteiger partial charge in [-0.05, 0) is 55.0 Å². The van der Waals surface area contributed by atoms with Crippen molar-refractivity contribution in [2.24, 2.45) is 0 Å². The van der Waals surface area contributed by atoms with Gasteiger partial charge < -0.3 is 14.6 Å². The lowest BCUT2D eigenvalue weighted by Crippen LogP contribution is -2.22. The molecule has 0 radical (unpaired) electrons. The minimum atomic E-state index is -0.319. The van der Waals surface area contributed by atoms with Gasteiger partial charge in [0.15, 0.2) is 0 Å². The Hall–Kier alpha value is -2.76. The van der Waals surface area contributed by atoms with Crippen LogP contribution in [0.25, 0.3) is 0 Å². The van der Waals surface area contributed by atoms with Crippen LogP contribution in [0.5, 0.6) is 5.75 Å². The largest absolute Gasteiger partial charge is 0.494 e. The standard InChI is InChI=1S/C21H18Cl2N2O3/c1-2-28-18-8-6-17(7-9-18)24-21(27)15-4-10-20(26)25(13-15)12-14-3-5-16(22)11-19(14)23/h3-11,13H,2,12H2,1H3,(H,24,27). The minimum Gasteiger partial charge on any atom is -0.494 e. The fourth-order valence-corrected chi connectivity index (χ4v) is 3.10. The van der Waals surface area contributed by atoms with Crippen LogP contribution in [0.1, 0.15) is 22.8 Å². The summed E-state index contributed by atoms with van der Waals surface area (Å²) in [5.74, 6) is 0.411. The Bertz CT molecular complexity index is 1050. The lowest BCUT2D eigenvalue weighted by atomic mass is 10.2. The molecule has 0 saturated carbocycles. The molecular formula is C21H18Cl2N2O3. The van der Waals surface area contributed by atoms with Crippen molar-refractivity contribution in [1.29, 1.82) is 0 Å².